The lowest BCUT2D eigenvalue weighted by molar-refractivity contribution is 0.442. The van der Waals surface area contributed by atoms with Crippen LogP contribution in [-0.2, 0) is 6.42 Å². The number of benzene rings is 2. The molecular weight excluding hydrogens is 467 g/mol. The first-order chi connectivity index (χ1) is 16.6. The molecule has 0 amide bonds. The number of anilines is 1. The van der Waals surface area contributed by atoms with Crippen molar-refractivity contribution < 1.29 is 1.37 Å². The molecule has 1 fully saturated rings. The largest absolute Gasteiger partial charge is 0.368 e. The quantitative estimate of drug-likeness (QED) is 0.309. The summed E-state index contributed by atoms with van der Waals surface area (Å²) in [6.07, 6.45) is 6.05. The Hall–Kier alpha value is -2.70. The Morgan fingerprint density at radius 2 is 1.91 bits per heavy atom. The van der Waals surface area contributed by atoms with Gasteiger partial charge in [-0.2, -0.15) is 5.10 Å². The Kier molecular flexibility index (Phi) is 5.87. The van der Waals surface area contributed by atoms with E-state index in [2.05, 4.69) is 46.6 Å². The highest BCUT2D eigenvalue weighted by Gasteiger charge is 2.28. The highest BCUT2D eigenvalue weighted by Crippen LogP contribution is 2.38. The van der Waals surface area contributed by atoms with Crippen LogP contribution in [0.5, 0.6) is 0 Å². The summed E-state index contributed by atoms with van der Waals surface area (Å²) in [5.41, 5.74) is 2.19. The molecule has 176 valence electrons. The fourth-order valence-corrected chi connectivity index (χ4v) is 4.49. The molecule has 2 aromatic carbocycles. The van der Waals surface area contributed by atoms with Gasteiger partial charge in [-0.3, -0.25) is 0 Å². The topological polar surface area (TPSA) is 68.5 Å². The van der Waals surface area contributed by atoms with Crippen LogP contribution in [-0.4, -0.2) is 31.7 Å². The van der Waals surface area contributed by atoms with Gasteiger partial charge in [0, 0.05) is 35.8 Å². The van der Waals surface area contributed by atoms with Crippen molar-refractivity contribution in [2.75, 3.05) is 11.9 Å². The highest BCUT2D eigenvalue weighted by molar-refractivity contribution is 6.35. The molecule has 0 unspecified atom stereocenters. The fraction of sp³-hybridized carbons (Fsp3) is 0.385. The summed E-state index contributed by atoms with van der Waals surface area (Å²) in [6, 6.07) is 11.8. The molecule has 1 aliphatic rings. The summed E-state index contributed by atoms with van der Waals surface area (Å²) in [5, 5.41) is 23.4. The molecule has 8 heteroatoms. The van der Waals surface area contributed by atoms with Gasteiger partial charge in [-0.1, -0.05) is 67.4 Å². The molecule has 0 bridgehead atoms. The lowest BCUT2D eigenvalue weighted by Gasteiger charge is -2.20. The number of nitrogens with zero attached hydrogens (tertiary/aromatic N) is 5. The van der Waals surface area contributed by atoms with Crippen molar-refractivity contribution >= 4 is 39.8 Å². The number of nitrogens with one attached hydrogen (secondary N) is 1. The average molecular weight is 496 g/mol. The van der Waals surface area contributed by atoms with Gasteiger partial charge in [-0.05, 0) is 54.0 Å². The third-order valence-electron chi connectivity index (χ3n) is 5.90. The van der Waals surface area contributed by atoms with E-state index in [9.17, 15) is 1.37 Å². The Morgan fingerprint density at radius 3 is 2.65 bits per heavy atom. The van der Waals surface area contributed by atoms with Gasteiger partial charge in [-0.25, -0.2) is 4.68 Å². The summed E-state index contributed by atoms with van der Waals surface area (Å²) in [6.45, 7) is 7.20. The number of fused-ring (bicyclic) bond motifs is 1. The molecule has 2 heterocycles. The first-order valence-corrected chi connectivity index (χ1v) is 12.2. The zero-order chi connectivity index (χ0) is 24.8. The third-order valence-corrected chi connectivity index (χ3v) is 6.54. The molecule has 1 aliphatic carbocycles. The van der Waals surface area contributed by atoms with Crippen molar-refractivity contribution in [1.29, 1.82) is 0 Å². The van der Waals surface area contributed by atoms with Crippen molar-refractivity contribution in [3.8, 4) is 0 Å². The number of hydrogen-bond donors (Lipinski definition) is 1. The molecule has 4 aromatic rings. The molecule has 0 aliphatic heterocycles. The molecule has 1 N–H and O–H groups in total. The van der Waals surface area contributed by atoms with Crippen molar-refractivity contribution in [2.45, 2.75) is 52.0 Å². The van der Waals surface area contributed by atoms with Crippen molar-refractivity contribution in [2.24, 2.45) is 5.41 Å². The van der Waals surface area contributed by atoms with Crippen LogP contribution < -0.4 is 5.32 Å². The van der Waals surface area contributed by atoms with E-state index in [4.69, 9.17) is 23.2 Å². The Balaban J connectivity index is 1.59. The van der Waals surface area contributed by atoms with E-state index in [1.54, 1.807) is 6.20 Å². The van der Waals surface area contributed by atoms with E-state index in [-0.39, 0.29) is 5.41 Å². The van der Waals surface area contributed by atoms with Gasteiger partial charge in [0.15, 0.2) is 5.82 Å². The standard InChI is InChI=1S/C26H28Cl2N6/c1-26(2,3)15-29-25-20-11-16(12-23(28)21(20)13-30-32-25)10-19(18-6-4-5-7-22(18)27)24-14-34(33-31-24)17-8-9-17/h4-7,11-14,17,19H,8-10,15H2,1-3H3,(H,29,32)/t19-/m1/s1/i19D. The predicted octanol–water partition coefficient (Wildman–Crippen LogP) is 6.70. The minimum absolute atomic E-state index is 0.0685. The van der Waals surface area contributed by atoms with Gasteiger partial charge in [0.25, 0.3) is 0 Å². The minimum Gasteiger partial charge on any atom is -0.368 e. The summed E-state index contributed by atoms with van der Waals surface area (Å²) in [7, 11) is 0. The molecule has 0 radical (unpaired) electrons. The Bertz CT molecular complexity index is 1380. The van der Waals surface area contributed by atoms with Crippen LogP contribution in [0, 0.1) is 5.41 Å². The van der Waals surface area contributed by atoms with Crippen LogP contribution in [0.4, 0.5) is 5.82 Å². The Labute approximate surface area is 211 Å². The molecule has 1 atom stereocenters. The zero-order valence-corrected chi connectivity index (χ0v) is 21.0. The van der Waals surface area contributed by atoms with E-state index in [0.29, 0.717) is 39.6 Å². The van der Waals surface area contributed by atoms with Crippen LogP contribution in [0.1, 0.15) is 63.7 Å². The van der Waals surface area contributed by atoms with Crippen LogP contribution in [0.3, 0.4) is 0 Å². The van der Waals surface area contributed by atoms with E-state index >= 15 is 0 Å². The molecular formula is C26H28Cl2N6. The molecule has 34 heavy (non-hydrogen) atoms. The maximum Gasteiger partial charge on any atom is 0.156 e. The van der Waals surface area contributed by atoms with Gasteiger partial charge >= 0.3 is 0 Å². The fourth-order valence-electron chi connectivity index (χ4n) is 3.95. The first-order valence-electron chi connectivity index (χ1n) is 12.0. The molecule has 2 aromatic heterocycles. The number of hydrogen-bond acceptors (Lipinski definition) is 5. The summed E-state index contributed by atoms with van der Waals surface area (Å²) < 4.78 is 11.5. The SMILES string of the molecule is [2H][C@](Cc1cc(Cl)c2cnnc(NCC(C)(C)C)c2c1)(c1cn(C2CC2)nn1)c1ccccc1Cl. The maximum absolute atomic E-state index is 9.66. The van der Waals surface area contributed by atoms with Gasteiger partial charge in [0.2, 0.25) is 0 Å². The van der Waals surface area contributed by atoms with E-state index in [0.717, 1.165) is 35.7 Å². The van der Waals surface area contributed by atoms with Gasteiger partial charge in [0.1, 0.15) is 0 Å². The van der Waals surface area contributed by atoms with E-state index in [1.807, 2.05) is 47.3 Å². The van der Waals surface area contributed by atoms with E-state index in [1.165, 1.54) is 0 Å². The number of halogens is 2. The smallest absolute Gasteiger partial charge is 0.156 e. The maximum atomic E-state index is 9.66. The Morgan fingerprint density at radius 1 is 1.12 bits per heavy atom. The van der Waals surface area contributed by atoms with E-state index < -0.39 is 5.89 Å². The first kappa shape index (κ1) is 21.8. The molecule has 0 spiro atoms. The second kappa shape index (κ2) is 9.16. The highest BCUT2D eigenvalue weighted by atomic mass is 35.5. The third kappa shape index (κ3) is 5.03. The van der Waals surface area contributed by atoms with Gasteiger partial charge in [-0.15, -0.1) is 10.2 Å². The van der Waals surface area contributed by atoms with Crippen LogP contribution in [0.25, 0.3) is 10.8 Å². The normalized spacial score (nSPS) is 16.3. The predicted molar refractivity (Wildman–Crippen MR) is 138 cm³/mol. The van der Waals surface area contributed by atoms with Crippen molar-refractivity contribution in [3.63, 3.8) is 0 Å². The monoisotopic (exact) mass is 495 g/mol. The second-order valence-corrected chi connectivity index (χ2v) is 10.9. The van der Waals surface area contributed by atoms with Crippen LogP contribution in [0.2, 0.25) is 10.0 Å². The lowest BCUT2D eigenvalue weighted by atomic mass is 9.89. The minimum atomic E-state index is -1.25. The van der Waals surface area contributed by atoms with Gasteiger partial charge in [0.05, 0.1) is 23.0 Å². The van der Waals surface area contributed by atoms with Gasteiger partial charge < -0.3 is 5.32 Å². The molecule has 5 rings (SSSR count). The average Bonchev–Trinajstić information content (AvgIpc) is 3.53. The number of rotatable bonds is 7. The van der Waals surface area contributed by atoms with Crippen molar-refractivity contribution in [3.05, 3.63) is 75.7 Å². The zero-order valence-electron chi connectivity index (χ0n) is 20.5. The number of aromatic nitrogens is 5. The summed E-state index contributed by atoms with van der Waals surface area (Å²) in [4.78, 5) is 0. The lowest BCUT2D eigenvalue weighted by Crippen LogP contribution is -2.20. The second-order valence-electron chi connectivity index (χ2n) is 10.1. The summed E-state index contributed by atoms with van der Waals surface area (Å²) in [5.74, 6) is -0.573. The van der Waals surface area contributed by atoms with Crippen molar-refractivity contribution in [1.82, 2.24) is 25.2 Å². The van der Waals surface area contributed by atoms with Crippen LogP contribution >= 0.6 is 23.2 Å². The molecule has 6 nitrogen and oxygen atoms in total. The molecule has 1 saturated carbocycles. The molecule has 0 saturated heterocycles. The summed E-state index contributed by atoms with van der Waals surface area (Å²) >= 11 is 13.3. The van der Waals surface area contributed by atoms with Crippen LogP contribution in [0.15, 0.2) is 48.8 Å².